The summed E-state index contributed by atoms with van der Waals surface area (Å²) in [6, 6.07) is 14.8. The molecule has 1 aromatic carbocycles. The van der Waals surface area contributed by atoms with Gasteiger partial charge in [0.25, 0.3) is 5.91 Å². The number of nitriles is 1. The zero-order valence-electron chi connectivity index (χ0n) is 11.3. The van der Waals surface area contributed by atoms with Gasteiger partial charge >= 0.3 is 0 Å². The predicted molar refractivity (Wildman–Crippen MR) is 75.9 cm³/mol. The minimum absolute atomic E-state index is 0.241. The van der Waals surface area contributed by atoms with Crippen molar-refractivity contribution in [2.24, 2.45) is 0 Å². The molecule has 1 N–H and O–H groups in total. The van der Waals surface area contributed by atoms with E-state index < -0.39 is 0 Å². The van der Waals surface area contributed by atoms with E-state index >= 15 is 0 Å². The van der Waals surface area contributed by atoms with Crippen molar-refractivity contribution in [1.82, 2.24) is 10.3 Å². The van der Waals surface area contributed by atoms with E-state index in [4.69, 9.17) is 5.26 Å². The Morgan fingerprint density at radius 1 is 1.20 bits per heavy atom. The van der Waals surface area contributed by atoms with Gasteiger partial charge in [-0.2, -0.15) is 5.26 Å². The van der Waals surface area contributed by atoms with Crippen LogP contribution in [0.25, 0.3) is 0 Å². The van der Waals surface area contributed by atoms with Gasteiger partial charge < -0.3 is 5.32 Å². The number of hydrogen-bond donors (Lipinski definition) is 1. The summed E-state index contributed by atoms with van der Waals surface area (Å²) in [6.07, 6.45) is 0.998. The van der Waals surface area contributed by atoms with E-state index in [-0.39, 0.29) is 17.3 Å². The molecule has 0 aliphatic carbocycles. The largest absolute Gasteiger partial charge is 0.347 e. The number of nitrogens with one attached hydrogen (secondary N) is 1. The molecule has 1 amide bonds. The molecule has 0 radical (unpaired) electrons. The number of hydrogen-bond acceptors (Lipinski definition) is 3. The van der Waals surface area contributed by atoms with Gasteiger partial charge in [0.15, 0.2) is 0 Å². The van der Waals surface area contributed by atoms with Crippen LogP contribution < -0.4 is 5.32 Å². The van der Waals surface area contributed by atoms with Gasteiger partial charge in [0, 0.05) is 6.54 Å². The molecular formula is C16H15N3O. The maximum atomic E-state index is 11.9. The standard InChI is InChI=1S/C16H15N3O/c1-2-12-6-8-13(9-7-12)11-18-16(20)15-5-3-4-14(10-17)19-15/h3-9H,2,11H2,1H3,(H,18,20). The average Bonchev–Trinajstić information content (AvgIpc) is 2.53. The molecule has 0 atom stereocenters. The van der Waals surface area contributed by atoms with Crippen LogP contribution in [0, 0.1) is 11.3 Å². The SMILES string of the molecule is CCc1ccc(CNC(=O)c2cccc(C#N)n2)cc1. The molecule has 0 saturated heterocycles. The third kappa shape index (κ3) is 3.42. The fourth-order valence-corrected chi connectivity index (χ4v) is 1.79. The Bertz CT molecular complexity index is 642. The lowest BCUT2D eigenvalue weighted by Gasteiger charge is -2.06. The van der Waals surface area contributed by atoms with Gasteiger partial charge in [-0.15, -0.1) is 0 Å². The minimum atomic E-state index is -0.276. The summed E-state index contributed by atoms with van der Waals surface area (Å²) in [6.45, 7) is 2.55. The lowest BCUT2D eigenvalue weighted by molar-refractivity contribution is 0.0946. The number of amides is 1. The molecule has 0 spiro atoms. The Labute approximate surface area is 118 Å². The summed E-state index contributed by atoms with van der Waals surface area (Å²) in [7, 11) is 0. The lowest BCUT2D eigenvalue weighted by Crippen LogP contribution is -2.23. The fourth-order valence-electron chi connectivity index (χ4n) is 1.79. The van der Waals surface area contributed by atoms with Crippen molar-refractivity contribution >= 4 is 5.91 Å². The molecular weight excluding hydrogens is 250 g/mol. The number of aromatic nitrogens is 1. The first-order chi connectivity index (χ1) is 9.72. The Kier molecular flexibility index (Phi) is 4.46. The van der Waals surface area contributed by atoms with Gasteiger partial charge in [0.2, 0.25) is 0 Å². The van der Waals surface area contributed by atoms with Gasteiger partial charge in [0.1, 0.15) is 17.5 Å². The Morgan fingerprint density at radius 2 is 1.90 bits per heavy atom. The third-order valence-corrected chi connectivity index (χ3v) is 2.98. The number of aryl methyl sites for hydroxylation is 1. The van der Waals surface area contributed by atoms with Crippen LogP contribution in [0.5, 0.6) is 0 Å². The summed E-state index contributed by atoms with van der Waals surface area (Å²) < 4.78 is 0. The zero-order chi connectivity index (χ0) is 14.4. The highest BCUT2D eigenvalue weighted by Gasteiger charge is 2.07. The molecule has 0 fully saturated rings. The van der Waals surface area contributed by atoms with Crippen LogP contribution in [0.1, 0.15) is 34.2 Å². The number of nitrogens with zero attached hydrogens (tertiary/aromatic N) is 2. The molecule has 4 nitrogen and oxygen atoms in total. The van der Waals surface area contributed by atoms with Crippen molar-refractivity contribution in [1.29, 1.82) is 5.26 Å². The highest BCUT2D eigenvalue weighted by molar-refractivity contribution is 5.92. The molecule has 0 aliphatic heterocycles. The smallest absolute Gasteiger partial charge is 0.270 e. The average molecular weight is 265 g/mol. The molecule has 0 unspecified atom stereocenters. The van der Waals surface area contributed by atoms with Gasteiger partial charge in [-0.25, -0.2) is 4.98 Å². The Balaban J connectivity index is 1.99. The van der Waals surface area contributed by atoms with E-state index in [0.29, 0.717) is 6.54 Å². The quantitative estimate of drug-likeness (QED) is 0.923. The first kappa shape index (κ1) is 13.8. The van der Waals surface area contributed by atoms with Crippen LogP contribution in [0.4, 0.5) is 0 Å². The zero-order valence-corrected chi connectivity index (χ0v) is 11.3. The van der Waals surface area contributed by atoms with Crippen molar-refractivity contribution in [3.63, 3.8) is 0 Å². The Morgan fingerprint density at radius 3 is 2.55 bits per heavy atom. The number of pyridine rings is 1. The second-order valence-electron chi connectivity index (χ2n) is 4.37. The molecule has 100 valence electrons. The van der Waals surface area contributed by atoms with E-state index in [0.717, 1.165) is 12.0 Å². The molecule has 0 saturated carbocycles. The molecule has 2 rings (SSSR count). The van der Waals surface area contributed by atoms with Crippen LogP contribution >= 0.6 is 0 Å². The normalized spacial score (nSPS) is 9.80. The first-order valence-electron chi connectivity index (χ1n) is 6.46. The van der Waals surface area contributed by atoms with E-state index in [1.54, 1.807) is 18.2 Å². The van der Waals surface area contributed by atoms with Crippen LogP contribution in [-0.2, 0) is 13.0 Å². The van der Waals surface area contributed by atoms with Gasteiger partial charge in [-0.3, -0.25) is 4.79 Å². The first-order valence-corrected chi connectivity index (χ1v) is 6.46. The Hall–Kier alpha value is -2.67. The monoisotopic (exact) mass is 265 g/mol. The van der Waals surface area contributed by atoms with E-state index in [9.17, 15) is 4.79 Å². The summed E-state index contributed by atoms with van der Waals surface area (Å²) in [5.41, 5.74) is 2.80. The summed E-state index contributed by atoms with van der Waals surface area (Å²) in [5.74, 6) is -0.276. The predicted octanol–water partition coefficient (Wildman–Crippen LogP) is 2.45. The summed E-state index contributed by atoms with van der Waals surface area (Å²) >= 11 is 0. The molecule has 0 aliphatic rings. The van der Waals surface area contributed by atoms with Crippen LogP contribution in [-0.4, -0.2) is 10.9 Å². The minimum Gasteiger partial charge on any atom is -0.347 e. The topological polar surface area (TPSA) is 65.8 Å². The van der Waals surface area contributed by atoms with Gasteiger partial charge in [-0.1, -0.05) is 37.3 Å². The number of carbonyl (C=O) groups is 1. The molecule has 1 aromatic heterocycles. The van der Waals surface area contributed by atoms with Crippen molar-refractivity contribution in [2.45, 2.75) is 19.9 Å². The van der Waals surface area contributed by atoms with Crippen molar-refractivity contribution < 1.29 is 4.79 Å². The van der Waals surface area contributed by atoms with E-state index in [1.807, 2.05) is 18.2 Å². The molecule has 4 heteroatoms. The third-order valence-electron chi connectivity index (χ3n) is 2.98. The van der Waals surface area contributed by atoms with Crippen molar-refractivity contribution in [3.05, 3.63) is 65.0 Å². The van der Waals surface area contributed by atoms with E-state index in [2.05, 4.69) is 29.4 Å². The number of rotatable bonds is 4. The molecule has 1 heterocycles. The lowest BCUT2D eigenvalue weighted by atomic mass is 10.1. The number of carbonyl (C=O) groups excluding carboxylic acids is 1. The van der Waals surface area contributed by atoms with Crippen LogP contribution in [0.15, 0.2) is 42.5 Å². The second-order valence-corrected chi connectivity index (χ2v) is 4.37. The van der Waals surface area contributed by atoms with Crippen LogP contribution in [0.2, 0.25) is 0 Å². The van der Waals surface area contributed by atoms with Gasteiger partial charge in [0.05, 0.1) is 0 Å². The molecule has 0 bridgehead atoms. The van der Waals surface area contributed by atoms with E-state index in [1.165, 1.54) is 5.56 Å². The maximum absolute atomic E-state index is 11.9. The molecule has 2 aromatic rings. The second kappa shape index (κ2) is 6.48. The maximum Gasteiger partial charge on any atom is 0.270 e. The summed E-state index contributed by atoms with van der Waals surface area (Å²) in [5, 5.41) is 11.6. The van der Waals surface area contributed by atoms with Gasteiger partial charge in [-0.05, 0) is 29.7 Å². The van der Waals surface area contributed by atoms with Crippen molar-refractivity contribution in [3.8, 4) is 6.07 Å². The highest BCUT2D eigenvalue weighted by Crippen LogP contribution is 2.05. The number of benzene rings is 1. The van der Waals surface area contributed by atoms with Crippen LogP contribution in [0.3, 0.4) is 0 Å². The molecule has 20 heavy (non-hydrogen) atoms. The summed E-state index contributed by atoms with van der Waals surface area (Å²) in [4.78, 5) is 15.9. The fraction of sp³-hybridized carbons (Fsp3) is 0.188. The highest BCUT2D eigenvalue weighted by atomic mass is 16.1. The van der Waals surface area contributed by atoms with Crippen molar-refractivity contribution in [2.75, 3.05) is 0 Å².